The van der Waals surface area contributed by atoms with Crippen LogP contribution in [0.25, 0.3) is 0 Å². The summed E-state index contributed by atoms with van der Waals surface area (Å²) in [4.78, 5) is 25.6. The standard InChI is InChI=1S/C11H17N5OS/c1-8-3-2-4-16(5-8)9(17)6-18-11-14-7-13-10(12)15-11/h7-8H,2-6H2,1H3,(H2,12,13,14,15). The number of carbonyl (C=O) groups excluding carboxylic acids is 1. The van der Waals surface area contributed by atoms with Gasteiger partial charge >= 0.3 is 0 Å². The Kier molecular flexibility index (Phi) is 4.35. The number of aromatic nitrogens is 3. The van der Waals surface area contributed by atoms with Gasteiger partial charge in [-0.25, -0.2) is 9.97 Å². The zero-order valence-corrected chi connectivity index (χ0v) is 11.2. The summed E-state index contributed by atoms with van der Waals surface area (Å²) < 4.78 is 0. The van der Waals surface area contributed by atoms with Crippen molar-refractivity contribution in [1.82, 2.24) is 19.9 Å². The molecule has 1 unspecified atom stereocenters. The van der Waals surface area contributed by atoms with Crippen LogP contribution in [0.3, 0.4) is 0 Å². The van der Waals surface area contributed by atoms with E-state index in [9.17, 15) is 4.79 Å². The van der Waals surface area contributed by atoms with Crippen LogP contribution in [0, 0.1) is 5.92 Å². The van der Waals surface area contributed by atoms with Crippen molar-refractivity contribution in [3.05, 3.63) is 6.33 Å². The molecule has 2 heterocycles. The molecule has 2 rings (SSSR count). The Morgan fingerprint density at radius 2 is 2.44 bits per heavy atom. The maximum atomic E-state index is 12.0. The van der Waals surface area contributed by atoms with Crippen molar-refractivity contribution in [2.24, 2.45) is 5.92 Å². The van der Waals surface area contributed by atoms with E-state index < -0.39 is 0 Å². The van der Waals surface area contributed by atoms with E-state index in [1.54, 1.807) is 0 Å². The molecule has 0 aliphatic carbocycles. The summed E-state index contributed by atoms with van der Waals surface area (Å²) in [5.74, 6) is 1.29. The van der Waals surface area contributed by atoms with Gasteiger partial charge in [0.05, 0.1) is 5.75 Å². The van der Waals surface area contributed by atoms with Gasteiger partial charge in [0, 0.05) is 13.1 Å². The Morgan fingerprint density at radius 3 is 3.17 bits per heavy atom. The maximum Gasteiger partial charge on any atom is 0.233 e. The van der Waals surface area contributed by atoms with Gasteiger partial charge in [-0.2, -0.15) is 4.98 Å². The van der Waals surface area contributed by atoms with Crippen molar-refractivity contribution < 1.29 is 4.79 Å². The molecule has 1 saturated heterocycles. The third-order valence-electron chi connectivity index (χ3n) is 2.90. The fourth-order valence-corrected chi connectivity index (χ4v) is 2.71. The van der Waals surface area contributed by atoms with Crippen molar-refractivity contribution in [2.45, 2.75) is 24.9 Å². The molecule has 0 spiro atoms. The highest BCUT2D eigenvalue weighted by atomic mass is 32.2. The smallest absolute Gasteiger partial charge is 0.233 e. The van der Waals surface area contributed by atoms with Crippen LogP contribution in [0.1, 0.15) is 19.8 Å². The van der Waals surface area contributed by atoms with Gasteiger partial charge in [0.15, 0.2) is 5.16 Å². The van der Waals surface area contributed by atoms with Crippen LogP contribution in [0.2, 0.25) is 0 Å². The first-order valence-corrected chi connectivity index (χ1v) is 6.99. The number of nitrogens with two attached hydrogens (primary N) is 1. The molecule has 18 heavy (non-hydrogen) atoms. The predicted octanol–water partition coefficient (Wildman–Crippen LogP) is 0.804. The van der Waals surface area contributed by atoms with Gasteiger partial charge in [0.1, 0.15) is 6.33 Å². The number of nitrogen functional groups attached to an aromatic ring is 1. The molecule has 98 valence electrons. The predicted molar refractivity (Wildman–Crippen MR) is 69.9 cm³/mol. The summed E-state index contributed by atoms with van der Waals surface area (Å²) in [5.41, 5.74) is 5.46. The van der Waals surface area contributed by atoms with Gasteiger partial charge < -0.3 is 10.6 Å². The van der Waals surface area contributed by atoms with E-state index in [4.69, 9.17) is 5.73 Å². The number of amides is 1. The van der Waals surface area contributed by atoms with E-state index in [1.807, 2.05) is 4.90 Å². The monoisotopic (exact) mass is 267 g/mol. The topological polar surface area (TPSA) is 85.0 Å². The molecule has 7 heteroatoms. The largest absolute Gasteiger partial charge is 0.368 e. The first-order valence-electron chi connectivity index (χ1n) is 6.00. The van der Waals surface area contributed by atoms with Crippen molar-refractivity contribution >= 4 is 23.6 Å². The molecule has 1 aliphatic rings. The second-order valence-electron chi connectivity index (χ2n) is 4.50. The maximum absolute atomic E-state index is 12.0. The van der Waals surface area contributed by atoms with E-state index in [0.29, 0.717) is 16.8 Å². The highest BCUT2D eigenvalue weighted by molar-refractivity contribution is 7.99. The van der Waals surface area contributed by atoms with Gasteiger partial charge in [-0.3, -0.25) is 4.79 Å². The zero-order valence-electron chi connectivity index (χ0n) is 10.4. The summed E-state index contributed by atoms with van der Waals surface area (Å²) in [6.45, 7) is 3.90. The number of anilines is 1. The second-order valence-corrected chi connectivity index (χ2v) is 5.44. The first kappa shape index (κ1) is 13.1. The third kappa shape index (κ3) is 3.56. The van der Waals surface area contributed by atoms with Crippen molar-refractivity contribution in [1.29, 1.82) is 0 Å². The molecule has 1 aromatic heterocycles. The van der Waals surface area contributed by atoms with Crippen molar-refractivity contribution in [3.8, 4) is 0 Å². The summed E-state index contributed by atoms with van der Waals surface area (Å²) in [7, 11) is 0. The minimum atomic E-state index is 0.144. The lowest BCUT2D eigenvalue weighted by molar-refractivity contribution is -0.130. The lowest BCUT2D eigenvalue weighted by atomic mass is 10.0. The molecule has 0 radical (unpaired) electrons. The molecule has 1 aliphatic heterocycles. The molecule has 1 amide bonds. The molecule has 2 N–H and O–H groups in total. The molecule has 0 saturated carbocycles. The van der Waals surface area contributed by atoms with Crippen molar-refractivity contribution in [3.63, 3.8) is 0 Å². The van der Waals surface area contributed by atoms with E-state index in [1.165, 1.54) is 24.5 Å². The molecule has 6 nitrogen and oxygen atoms in total. The van der Waals surface area contributed by atoms with Gasteiger partial charge in [-0.1, -0.05) is 18.7 Å². The average molecular weight is 267 g/mol. The molecule has 0 aromatic carbocycles. The SMILES string of the molecule is CC1CCCN(C(=O)CSc2ncnc(N)n2)C1. The summed E-state index contributed by atoms with van der Waals surface area (Å²) >= 11 is 1.30. The molecule has 1 atom stereocenters. The summed E-state index contributed by atoms with van der Waals surface area (Å²) in [5, 5.41) is 0.501. The van der Waals surface area contributed by atoms with Crippen molar-refractivity contribution in [2.75, 3.05) is 24.6 Å². The number of likely N-dealkylation sites (tertiary alicyclic amines) is 1. The van der Waals surface area contributed by atoms with Crippen LogP contribution in [0.4, 0.5) is 5.95 Å². The fourth-order valence-electron chi connectivity index (χ4n) is 2.00. The lowest BCUT2D eigenvalue weighted by Gasteiger charge is -2.30. The Morgan fingerprint density at radius 1 is 1.61 bits per heavy atom. The Labute approximate surface area is 110 Å². The number of thioether (sulfide) groups is 1. The first-order chi connectivity index (χ1) is 8.65. The number of rotatable bonds is 3. The number of nitrogens with zero attached hydrogens (tertiary/aromatic N) is 4. The van der Waals surface area contributed by atoms with Crippen LogP contribution in [-0.4, -0.2) is 44.6 Å². The highest BCUT2D eigenvalue weighted by Gasteiger charge is 2.20. The molecule has 0 bridgehead atoms. The minimum absolute atomic E-state index is 0.144. The van der Waals surface area contributed by atoms with Crippen LogP contribution in [-0.2, 0) is 4.79 Å². The summed E-state index contributed by atoms with van der Waals surface area (Å²) in [6.07, 6.45) is 3.66. The molecular weight excluding hydrogens is 250 g/mol. The average Bonchev–Trinajstić information content (AvgIpc) is 2.36. The summed E-state index contributed by atoms with van der Waals surface area (Å²) in [6, 6.07) is 0. The van der Waals surface area contributed by atoms with Gasteiger partial charge in [-0.05, 0) is 18.8 Å². The van der Waals surface area contributed by atoms with Gasteiger partial charge in [0.25, 0.3) is 0 Å². The number of hydrogen-bond acceptors (Lipinski definition) is 6. The van der Waals surface area contributed by atoms with E-state index in [0.717, 1.165) is 19.5 Å². The highest BCUT2D eigenvalue weighted by Crippen LogP contribution is 2.18. The number of carbonyl (C=O) groups is 1. The second kappa shape index (κ2) is 5.99. The number of piperidine rings is 1. The zero-order chi connectivity index (χ0) is 13.0. The molecule has 1 aromatic rings. The number of hydrogen-bond donors (Lipinski definition) is 1. The fraction of sp³-hybridized carbons (Fsp3) is 0.636. The normalized spacial score (nSPS) is 19.8. The van der Waals surface area contributed by atoms with Crippen LogP contribution < -0.4 is 5.73 Å². The Hall–Kier alpha value is -1.37. The van der Waals surface area contributed by atoms with E-state index >= 15 is 0 Å². The Balaban J connectivity index is 1.84. The molecular formula is C11H17N5OS. The molecule has 1 fully saturated rings. The van der Waals surface area contributed by atoms with Gasteiger partial charge in [0.2, 0.25) is 11.9 Å². The van der Waals surface area contributed by atoms with Crippen LogP contribution >= 0.6 is 11.8 Å². The quantitative estimate of drug-likeness (QED) is 0.816. The lowest BCUT2D eigenvalue weighted by Crippen LogP contribution is -2.40. The minimum Gasteiger partial charge on any atom is -0.368 e. The van der Waals surface area contributed by atoms with Crippen LogP contribution in [0.15, 0.2) is 11.5 Å². The van der Waals surface area contributed by atoms with E-state index in [2.05, 4.69) is 21.9 Å². The van der Waals surface area contributed by atoms with E-state index in [-0.39, 0.29) is 11.9 Å². The van der Waals surface area contributed by atoms with Crippen LogP contribution in [0.5, 0.6) is 0 Å². The van der Waals surface area contributed by atoms with Gasteiger partial charge in [-0.15, -0.1) is 0 Å². The Bertz CT molecular complexity index is 428. The third-order valence-corrected chi connectivity index (χ3v) is 3.75.